The summed E-state index contributed by atoms with van der Waals surface area (Å²) < 4.78 is 0. The summed E-state index contributed by atoms with van der Waals surface area (Å²) in [5.41, 5.74) is 1.34. The van der Waals surface area contributed by atoms with E-state index in [1.807, 2.05) is 0 Å². The Morgan fingerprint density at radius 1 is 0.923 bits per heavy atom. The number of urea groups is 1. The third-order valence-corrected chi connectivity index (χ3v) is 4.92. The maximum absolute atomic E-state index is 12.8. The molecular weight excluding hydrogens is 399 g/mol. The third kappa shape index (κ3) is 3.46. The van der Waals surface area contributed by atoms with Crippen molar-refractivity contribution in [1.29, 1.82) is 0 Å². The summed E-state index contributed by atoms with van der Waals surface area (Å²) in [5.74, 6) is -1.55. The predicted molar refractivity (Wildman–Crippen MR) is 102 cm³/mol. The molecule has 5 nitrogen and oxygen atoms in total. The van der Waals surface area contributed by atoms with Gasteiger partial charge in [0.2, 0.25) is 0 Å². The molecule has 1 aliphatic heterocycles. The molecular formula is C18H11Cl3N2O3. The molecule has 26 heavy (non-hydrogen) atoms. The smallest absolute Gasteiger partial charge is 0.273 e. The molecule has 1 aliphatic rings. The van der Waals surface area contributed by atoms with Crippen molar-refractivity contribution >= 4 is 64.4 Å². The first kappa shape index (κ1) is 18.5. The molecule has 0 saturated carbocycles. The van der Waals surface area contributed by atoms with Crippen LogP contribution in [0.1, 0.15) is 11.1 Å². The lowest BCUT2D eigenvalue weighted by atomic mass is 10.1. The first-order valence-corrected chi connectivity index (χ1v) is 8.54. The molecule has 4 amide bonds. The summed E-state index contributed by atoms with van der Waals surface area (Å²) in [5, 5.41) is 3.17. The second-order valence-corrected chi connectivity index (χ2v) is 6.79. The average Bonchev–Trinajstić information content (AvgIpc) is 2.57. The molecule has 1 fully saturated rings. The van der Waals surface area contributed by atoms with E-state index in [1.165, 1.54) is 18.2 Å². The lowest BCUT2D eigenvalue weighted by molar-refractivity contribution is -0.122. The van der Waals surface area contributed by atoms with Gasteiger partial charge in [0, 0.05) is 5.02 Å². The maximum atomic E-state index is 12.8. The minimum absolute atomic E-state index is 0.209. The molecule has 3 rings (SSSR count). The Morgan fingerprint density at radius 2 is 1.65 bits per heavy atom. The summed E-state index contributed by atoms with van der Waals surface area (Å²) in [4.78, 5) is 37.9. The van der Waals surface area contributed by atoms with Crippen LogP contribution in [-0.2, 0) is 9.59 Å². The van der Waals surface area contributed by atoms with Crippen molar-refractivity contribution in [3.05, 3.63) is 68.2 Å². The number of anilines is 1. The summed E-state index contributed by atoms with van der Waals surface area (Å²) in [6.45, 7) is 1.79. The average molecular weight is 410 g/mol. The van der Waals surface area contributed by atoms with E-state index in [4.69, 9.17) is 34.8 Å². The Balaban J connectivity index is 2.03. The van der Waals surface area contributed by atoms with Gasteiger partial charge in [0.1, 0.15) is 5.57 Å². The highest BCUT2D eigenvalue weighted by Crippen LogP contribution is 2.28. The number of amides is 4. The predicted octanol–water partition coefficient (Wildman–Crippen LogP) is 4.62. The molecule has 0 bridgehead atoms. The van der Waals surface area contributed by atoms with E-state index in [0.29, 0.717) is 15.6 Å². The van der Waals surface area contributed by atoms with E-state index in [2.05, 4.69) is 5.32 Å². The Labute approximate surface area is 164 Å². The zero-order valence-electron chi connectivity index (χ0n) is 13.3. The zero-order valence-corrected chi connectivity index (χ0v) is 15.6. The molecule has 0 radical (unpaired) electrons. The van der Waals surface area contributed by atoms with E-state index >= 15 is 0 Å². The number of rotatable bonds is 2. The van der Waals surface area contributed by atoms with Gasteiger partial charge in [-0.25, -0.2) is 9.69 Å². The first-order chi connectivity index (χ1) is 12.3. The van der Waals surface area contributed by atoms with Crippen molar-refractivity contribution in [2.24, 2.45) is 0 Å². The van der Waals surface area contributed by atoms with Gasteiger partial charge in [-0.15, -0.1) is 0 Å². The molecule has 1 heterocycles. The van der Waals surface area contributed by atoms with Gasteiger partial charge in [0.15, 0.2) is 0 Å². The Morgan fingerprint density at radius 3 is 2.31 bits per heavy atom. The van der Waals surface area contributed by atoms with Gasteiger partial charge in [-0.3, -0.25) is 14.9 Å². The zero-order chi connectivity index (χ0) is 19.0. The van der Waals surface area contributed by atoms with Gasteiger partial charge in [0.05, 0.1) is 15.7 Å². The summed E-state index contributed by atoms with van der Waals surface area (Å²) >= 11 is 17.9. The molecule has 2 aromatic rings. The highest BCUT2D eigenvalue weighted by atomic mass is 35.5. The minimum Gasteiger partial charge on any atom is -0.273 e. The minimum atomic E-state index is -0.841. The van der Waals surface area contributed by atoms with Crippen LogP contribution in [0.15, 0.2) is 42.0 Å². The number of carbonyl (C=O) groups excluding carboxylic acids is 3. The highest BCUT2D eigenvalue weighted by molar-refractivity contribution is 6.42. The Bertz CT molecular complexity index is 986. The number of carbonyl (C=O) groups is 3. The molecule has 2 aromatic carbocycles. The van der Waals surface area contributed by atoms with Gasteiger partial charge >= 0.3 is 6.03 Å². The van der Waals surface area contributed by atoms with Crippen molar-refractivity contribution in [1.82, 2.24) is 5.32 Å². The second-order valence-electron chi connectivity index (χ2n) is 5.56. The van der Waals surface area contributed by atoms with Gasteiger partial charge in [-0.05, 0) is 48.4 Å². The van der Waals surface area contributed by atoms with Crippen LogP contribution < -0.4 is 10.2 Å². The van der Waals surface area contributed by atoms with E-state index in [9.17, 15) is 14.4 Å². The number of imide groups is 2. The number of nitrogens with one attached hydrogen (secondary N) is 1. The van der Waals surface area contributed by atoms with Crippen LogP contribution in [0.3, 0.4) is 0 Å². The normalized spacial score (nSPS) is 16.2. The van der Waals surface area contributed by atoms with Crippen molar-refractivity contribution in [3.63, 3.8) is 0 Å². The number of benzene rings is 2. The lowest BCUT2D eigenvalue weighted by Crippen LogP contribution is -2.54. The number of aryl methyl sites for hydroxylation is 1. The number of nitrogens with zero attached hydrogens (tertiary/aromatic N) is 1. The standard InChI is InChI=1S/C18H11Cl3N2O3/c1-9-2-4-11(8-14(9)20)23-17(25)12(16(24)22-18(23)26)6-10-3-5-13(19)15(21)7-10/h2-8H,1H3,(H,22,24,26)/b12-6-. The quantitative estimate of drug-likeness (QED) is 0.581. The monoisotopic (exact) mass is 408 g/mol. The molecule has 0 spiro atoms. The van der Waals surface area contributed by atoms with Crippen molar-refractivity contribution < 1.29 is 14.4 Å². The molecule has 8 heteroatoms. The number of hydrogen-bond acceptors (Lipinski definition) is 3. The fourth-order valence-electron chi connectivity index (χ4n) is 2.38. The van der Waals surface area contributed by atoms with Crippen molar-refractivity contribution in [2.75, 3.05) is 4.90 Å². The molecule has 0 atom stereocenters. The molecule has 1 N–H and O–H groups in total. The van der Waals surface area contributed by atoms with Crippen molar-refractivity contribution in [3.8, 4) is 0 Å². The SMILES string of the molecule is Cc1ccc(N2C(=O)NC(=O)/C(=C/c3ccc(Cl)c(Cl)c3)C2=O)cc1Cl. The van der Waals surface area contributed by atoms with Crippen LogP contribution in [0.2, 0.25) is 15.1 Å². The van der Waals surface area contributed by atoms with Crippen LogP contribution in [0.5, 0.6) is 0 Å². The summed E-state index contributed by atoms with van der Waals surface area (Å²) in [6.07, 6.45) is 1.34. The van der Waals surface area contributed by atoms with Gasteiger partial charge < -0.3 is 0 Å². The van der Waals surface area contributed by atoms with Gasteiger partial charge in [0.25, 0.3) is 11.8 Å². The molecule has 132 valence electrons. The van der Waals surface area contributed by atoms with Crippen LogP contribution >= 0.6 is 34.8 Å². The third-order valence-electron chi connectivity index (χ3n) is 3.77. The Kier molecular flexibility index (Phi) is 5.05. The molecule has 1 saturated heterocycles. The number of barbiturate groups is 1. The van der Waals surface area contributed by atoms with Gasteiger partial charge in [-0.2, -0.15) is 0 Å². The van der Waals surface area contributed by atoms with Crippen LogP contribution in [0.25, 0.3) is 6.08 Å². The van der Waals surface area contributed by atoms with E-state index in [0.717, 1.165) is 10.5 Å². The topological polar surface area (TPSA) is 66.5 Å². The van der Waals surface area contributed by atoms with Crippen LogP contribution in [0.4, 0.5) is 10.5 Å². The highest BCUT2D eigenvalue weighted by Gasteiger charge is 2.36. The summed E-state index contributed by atoms with van der Waals surface area (Å²) in [7, 11) is 0. The van der Waals surface area contributed by atoms with Gasteiger partial charge in [-0.1, -0.05) is 46.9 Å². The van der Waals surface area contributed by atoms with Crippen molar-refractivity contribution in [2.45, 2.75) is 6.92 Å². The fourth-order valence-corrected chi connectivity index (χ4v) is 2.86. The molecule has 0 aromatic heterocycles. The van der Waals surface area contributed by atoms with E-state index < -0.39 is 17.8 Å². The van der Waals surface area contributed by atoms with Crippen LogP contribution in [-0.4, -0.2) is 17.8 Å². The largest absolute Gasteiger partial charge is 0.335 e. The van der Waals surface area contributed by atoms with E-state index in [-0.39, 0.29) is 16.3 Å². The fraction of sp³-hybridized carbons (Fsp3) is 0.0556. The Hall–Kier alpha value is -2.34. The molecule has 0 aliphatic carbocycles. The first-order valence-electron chi connectivity index (χ1n) is 7.40. The molecule has 0 unspecified atom stereocenters. The second kappa shape index (κ2) is 7.11. The lowest BCUT2D eigenvalue weighted by Gasteiger charge is -2.26. The maximum Gasteiger partial charge on any atom is 0.335 e. The summed E-state index contributed by atoms with van der Waals surface area (Å²) in [6, 6.07) is 8.56. The van der Waals surface area contributed by atoms with E-state index in [1.54, 1.807) is 31.2 Å². The number of halogens is 3. The number of hydrogen-bond donors (Lipinski definition) is 1. The van der Waals surface area contributed by atoms with Crippen LogP contribution in [0, 0.1) is 6.92 Å².